The van der Waals surface area contributed by atoms with E-state index in [1.54, 1.807) is 0 Å². The number of carbonyl (C=O) groups excluding carboxylic acids is 1. The van der Waals surface area contributed by atoms with E-state index in [-0.39, 0.29) is 0 Å². The number of hydrogen-bond acceptors (Lipinski definition) is 2. The van der Waals surface area contributed by atoms with Gasteiger partial charge in [-0.1, -0.05) is 6.08 Å². The molecule has 1 unspecified atom stereocenters. The second-order valence-electron chi connectivity index (χ2n) is 2.55. The molecule has 1 rings (SSSR count). The zero-order valence-electron chi connectivity index (χ0n) is 5.84. The quantitative estimate of drug-likeness (QED) is 0.526. The van der Waals surface area contributed by atoms with Crippen LogP contribution in [-0.4, -0.2) is 11.9 Å². The first kappa shape index (κ1) is 7.28. The highest BCUT2D eigenvalue weighted by molar-refractivity contribution is 5.83. The maximum Gasteiger partial charge on any atom is 0.238 e. The summed E-state index contributed by atoms with van der Waals surface area (Å²) >= 11 is 0. The fraction of sp³-hybridized carbons (Fsp3) is 0.571. The minimum Gasteiger partial charge on any atom is -0.368 e. The van der Waals surface area contributed by atoms with E-state index in [0.29, 0.717) is 0 Å². The van der Waals surface area contributed by atoms with Crippen LogP contribution in [0.5, 0.6) is 0 Å². The summed E-state index contributed by atoms with van der Waals surface area (Å²) in [5.74, 6) is -0.423. The highest BCUT2D eigenvalue weighted by Gasteiger charge is 2.16. The van der Waals surface area contributed by atoms with E-state index >= 15 is 0 Å². The van der Waals surface area contributed by atoms with Crippen molar-refractivity contribution in [2.75, 3.05) is 0 Å². The summed E-state index contributed by atoms with van der Waals surface area (Å²) in [7, 11) is 0. The molecule has 4 N–H and O–H groups in total. The van der Waals surface area contributed by atoms with Gasteiger partial charge in [-0.2, -0.15) is 0 Å². The van der Waals surface area contributed by atoms with E-state index in [2.05, 4.69) is 0 Å². The number of allylic oxidation sites excluding steroid dienone is 1. The van der Waals surface area contributed by atoms with Gasteiger partial charge in [0.05, 0.1) is 0 Å². The first-order valence-electron chi connectivity index (χ1n) is 3.45. The summed E-state index contributed by atoms with van der Waals surface area (Å²) in [6, 6.07) is -0.539. The lowest BCUT2D eigenvalue weighted by molar-refractivity contribution is -0.118. The monoisotopic (exact) mass is 140 g/mol. The molecule has 0 aromatic carbocycles. The molecule has 3 nitrogen and oxygen atoms in total. The van der Waals surface area contributed by atoms with Gasteiger partial charge in [-0.3, -0.25) is 4.79 Å². The van der Waals surface area contributed by atoms with Gasteiger partial charge >= 0.3 is 0 Å². The average molecular weight is 140 g/mol. The van der Waals surface area contributed by atoms with Crippen LogP contribution in [0, 0.1) is 0 Å². The summed E-state index contributed by atoms with van der Waals surface area (Å²) in [5.41, 5.74) is 11.5. The summed E-state index contributed by atoms with van der Waals surface area (Å²) in [6.07, 6.45) is 5.09. The second-order valence-corrected chi connectivity index (χ2v) is 2.55. The molecular formula is C7H12N2O. The fourth-order valence-electron chi connectivity index (χ4n) is 1.16. The molecule has 0 aromatic rings. The van der Waals surface area contributed by atoms with Crippen LogP contribution in [0.2, 0.25) is 0 Å². The fourth-order valence-corrected chi connectivity index (χ4v) is 1.16. The summed E-state index contributed by atoms with van der Waals surface area (Å²) < 4.78 is 0. The third-order valence-electron chi connectivity index (χ3n) is 1.78. The Balaban J connectivity index is 2.55. The zero-order chi connectivity index (χ0) is 7.56. The largest absolute Gasteiger partial charge is 0.368 e. The highest BCUT2D eigenvalue weighted by Crippen LogP contribution is 2.19. The maximum absolute atomic E-state index is 10.5. The van der Waals surface area contributed by atoms with Crippen LogP contribution in [0.1, 0.15) is 19.3 Å². The van der Waals surface area contributed by atoms with Gasteiger partial charge in [0.2, 0.25) is 5.91 Å². The predicted molar refractivity (Wildman–Crippen MR) is 39.1 cm³/mol. The molecule has 1 amide bonds. The smallest absolute Gasteiger partial charge is 0.238 e. The molecule has 0 radical (unpaired) electrons. The molecule has 0 bridgehead atoms. The molecule has 0 saturated heterocycles. The van der Waals surface area contributed by atoms with Crippen molar-refractivity contribution in [1.29, 1.82) is 0 Å². The van der Waals surface area contributed by atoms with Crippen molar-refractivity contribution in [1.82, 2.24) is 0 Å². The van der Waals surface area contributed by atoms with E-state index in [1.165, 1.54) is 0 Å². The normalized spacial score (nSPS) is 20.3. The Labute approximate surface area is 60.1 Å². The number of primary amides is 1. The van der Waals surface area contributed by atoms with Crippen molar-refractivity contribution in [3.05, 3.63) is 11.6 Å². The second kappa shape index (κ2) is 2.84. The minimum atomic E-state index is -0.539. The molecule has 0 heterocycles. The number of carbonyl (C=O) groups is 1. The van der Waals surface area contributed by atoms with Crippen molar-refractivity contribution in [3.63, 3.8) is 0 Å². The van der Waals surface area contributed by atoms with Crippen molar-refractivity contribution < 1.29 is 4.79 Å². The first-order valence-corrected chi connectivity index (χ1v) is 3.45. The van der Waals surface area contributed by atoms with Gasteiger partial charge in [0.15, 0.2) is 0 Å². The average Bonchev–Trinajstić information content (AvgIpc) is 2.36. The van der Waals surface area contributed by atoms with Crippen molar-refractivity contribution in [2.45, 2.75) is 25.3 Å². The van der Waals surface area contributed by atoms with Gasteiger partial charge in [0, 0.05) is 0 Å². The predicted octanol–water partition coefficient (Wildman–Crippen LogP) is -0.0907. The lowest BCUT2D eigenvalue weighted by Gasteiger charge is -2.06. The molecule has 0 saturated carbocycles. The van der Waals surface area contributed by atoms with Crippen LogP contribution in [0.15, 0.2) is 11.6 Å². The Bertz CT molecular complexity index is 174. The van der Waals surface area contributed by atoms with Crippen molar-refractivity contribution in [2.24, 2.45) is 11.5 Å². The van der Waals surface area contributed by atoms with Gasteiger partial charge in [0.1, 0.15) is 6.04 Å². The summed E-state index contributed by atoms with van der Waals surface area (Å²) in [6.45, 7) is 0. The summed E-state index contributed by atoms with van der Waals surface area (Å²) in [5, 5.41) is 0. The van der Waals surface area contributed by atoms with E-state index in [1.807, 2.05) is 6.08 Å². The molecule has 1 atom stereocenters. The van der Waals surface area contributed by atoms with E-state index in [0.717, 1.165) is 24.8 Å². The van der Waals surface area contributed by atoms with Crippen molar-refractivity contribution in [3.8, 4) is 0 Å². The SMILES string of the molecule is NC(=O)C(N)C1=CCCC1. The molecule has 3 heteroatoms. The molecule has 0 aliphatic heterocycles. The molecule has 1 aliphatic rings. The topological polar surface area (TPSA) is 69.1 Å². The molecular weight excluding hydrogens is 128 g/mol. The first-order chi connectivity index (χ1) is 4.72. The van der Waals surface area contributed by atoms with E-state index in [4.69, 9.17) is 11.5 Å². The Kier molecular flexibility index (Phi) is 2.06. The maximum atomic E-state index is 10.5. The van der Waals surface area contributed by atoms with Gasteiger partial charge in [-0.15, -0.1) is 0 Å². The number of nitrogens with two attached hydrogens (primary N) is 2. The standard InChI is InChI=1S/C7H12N2O/c8-6(7(9)10)5-3-1-2-4-5/h3,6H,1-2,4,8H2,(H2,9,10). The van der Waals surface area contributed by atoms with Crippen LogP contribution in [-0.2, 0) is 4.79 Å². The third-order valence-corrected chi connectivity index (χ3v) is 1.78. The van der Waals surface area contributed by atoms with Gasteiger partial charge in [0.25, 0.3) is 0 Å². The van der Waals surface area contributed by atoms with Crippen LogP contribution >= 0.6 is 0 Å². The lowest BCUT2D eigenvalue weighted by Crippen LogP contribution is -2.37. The number of amides is 1. The Morgan fingerprint density at radius 3 is 2.80 bits per heavy atom. The van der Waals surface area contributed by atoms with Crippen LogP contribution in [0.4, 0.5) is 0 Å². The molecule has 10 heavy (non-hydrogen) atoms. The van der Waals surface area contributed by atoms with Crippen molar-refractivity contribution >= 4 is 5.91 Å². The molecule has 0 spiro atoms. The van der Waals surface area contributed by atoms with Crippen LogP contribution in [0.3, 0.4) is 0 Å². The highest BCUT2D eigenvalue weighted by atomic mass is 16.1. The molecule has 0 fully saturated rings. The Hall–Kier alpha value is -0.830. The van der Waals surface area contributed by atoms with Crippen LogP contribution in [0.25, 0.3) is 0 Å². The minimum absolute atomic E-state index is 0.423. The Morgan fingerprint density at radius 1 is 1.70 bits per heavy atom. The van der Waals surface area contributed by atoms with E-state index in [9.17, 15) is 4.79 Å². The molecule has 56 valence electrons. The molecule has 0 aromatic heterocycles. The van der Waals surface area contributed by atoms with Gasteiger partial charge in [-0.25, -0.2) is 0 Å². The van der Waals surface area contributed by atoms with E-state index < -0.39 is 11.9 Å². The molecule has 1 aliphatic carbocycles. The zero-order valence-corrected chi connectivity index (χ0v) is 5.84. The van der Waals surface area contributed by atoms with Gasteiger partial charge < -0.3 is 11.5 Å². The summed E-state index contributed by atoms with van der Waals surface area (Å²) in [4.78, 5) is 10.5. The Morgan fingerprint density at radius 2 is 2.40 bits per heavy atom. The van der Waals surface area contributed by atoms with Crippen LogP contribution < -0.4 is 11.5 Å². The third kappa shape index (κ3) is 1.36. The lowest BCUT2D eigenvalue weighted by atomic mass is 10.1. The number of hydrogen-bond donors (Lipinski definition) is 2. The number of rotatable bonds is 2. The van der Waals surface area contributed by atoms with Gasteiger partial charge in [-0.05, 0) is 24.8 Å².